The Balaban J connectivity index is 1.46. The second kappa shape index (κ2) is 9.88. The largest absolute Gasteiger partial charge is 0.355 e. The van der Waals surface area contributed by atoms with Gasteiger partial charge in [0.1, 0.15) is 10.7 Å². The van der Waals surface area contributed by atoms with E-state index in [1.165, 1.54) is 19.1 Å². The monoisotopic (exact) mass is 448 g/mol. The van der Waals surface area contributed by atoms with Crippen LogP contribution in [0.2, 0.25) is 0 Å². The van der Waals surface area contributed by atoms with Gasteiger partial charge in [-0.1, -0.05) is 12.1 Å². The molecule has 0 saturated carbocycles. The fraction of sp³-hybridized carbons (Fsp3) is 0.250. The van der Waals surface area contributed by atoms with Gasteiger partial charge in [0.05, 0.1) is 16.7 Å². The molecular weight excluding hydrogens is 427 g/mol. The minimum Gasteiger partial charge on any atom is -0.355 e. The van der Waals surface area contributed by atoms with Crippen LogP contribution in [0.3, 0.4) is 0 Å². The summed E-state index contributed by atoms with van der Waals surface area (Å²) in [6, 6.07) is 7.77. The Hall–Kier alpha value is -2.69. The van der Waals surface area contributed by atoms with Crippen LogP contribution in [-0.2, 0) is 21.2 Å². The number of rotatable bonds is 9. The summed E-state index contributed by atoms with van der Waals surface area (Å²) in [6.45, 7) is 1.78. The first kappa shape index (κ1) is 22.0. The molecule has 1 amide bonds. The molecule has 3 rings (SSSR count). The number of sulfonamides is 1. The fourth-order valence-electron chi connectivity index (χ4n) is 2.70. The third-order valence-corrected chi connectivity index (χ3v) is 6.73. The molecule has 2 N–H and O–H groups in total. The molecule has 10 heteroatoms. The molecule has 30 heavy (non-hydrogen) atoms. The number of carbonyl (C=O) groups excluding carboxylic acids is 1. The molecule has 7 nitrogen and oxygen atoms in total. The van der Waals surface area contributed by atoms with E-state index in [2.05, 4.69) is 20.0 Å². The van der Waals surface area contributed by atoms with Crippen molar-refractivity contribution in [2.45, 2.75) is 30.7 Å². The van der Waals surface area contributed by atoms with E-state index in [9.17, 15) is 17.6 Å². The van der Waals surface area contributed by atoms with Gasteiger partial charge < -0.3 is 5.32 Å². The summed E-state index contributed by atoms with van der Waals surface area (Å²) in [7, 11) is -4.13. The molecule has 2 heterocycles. The normalized spacial score (nSPS) is 12.5. The predicted octanol–water partition coefficient (Wildman–Crippen LogP) is 2.76. The molecule has 2 aromatic heterocycles. The van der Waals surface area contributed by atoms with Crippen molar-refractivity contribution in [3.05, 3.63) is 65.0 Å². The highest BCUT2D eigenvalue weighted by Gasteiger charge is 2.24. The van der Waals surface area contributed by atoms with Crippen LogP contribution in [-0.4, -0.2) is 36.9 Å². The summed E-state index contributed by atoms with van der Waals surface area (Å²) in [6.07, 6.45) is 4.77. The minimum absolute atomic E-state index is 0.370. The lowest BCUT2D eigenvalue weighted by Gasteiger charge is -2.14. The first-order valence-electron chi connectivity index (χ1n) is 9.26. The third-order valence-electron chi connectivity index (χ3n) is 4.25. The van der Waals surface area contributed by atoms with E-state index in [1.807, 2.05) is 17.5 Å². The molecule has 0 aliphatic rings. The highest BCUT2D eigenvalue weighted by molar-refractivity contribution is 7.89. The molecule has 0 unspecified atom stereocenters. The quantitative estimate of drug-likeness (QED) is 0.490. The summed E-state index contributed by atoms with van der Waals surface area (Å²) in [4.78, 5) is 20.3. The highest BCUT2D eigenvalue weighted by Crippen LogP contribution is 2.21. The van der Waals surface area contributed by atoms with Crippen LogP contribution in [0.1, 0.15) is 18.4 Å². The number of pyridine rings is 1. The van der Waals surface area contributed by atoms with Crippen molar-refractivity contribution < 1.29 is 17.6 Å². The third kappa shape index (κ3) is 5.68. The second-order valence-corrected chi connectivity index (χ2v) is 9.16. The lowest BCUT2D eigenvalue weighted by molar-refractivity contribution is -0.122. The summed E-state index contributed by atoms with van der Waals surface area (Å²) in [5, 5.41) is 5.61. The van der Waals surface area contributed by atoms with Gasteiger partial charge in [0.15, 0.2) is 0 Å². The SMILES string of the molecule is C[C@H](NS(=O)(=O)c1ccccc1F)C(=O)NCCCc1nc(-c2ccncc2)cs1. The minimum atomic E-state index is -4.13. The van der Waals surface area contributed by atoms with Crippen molar-refractivity contribution in [1.82, 2.24) is 20.0 Å². The van der Waals surface area contributed by atoms with Gasteiger partial charge in [0, 0.05) is 36.3 Å². The van der Waals surface area contributed by atoms with Gasteiger partial charge in [0.2, 0.25) is 15.9 Å². The van der Waals surface area contributed by atoms with Crippen molar-refractivity contribution in [3.63, 3.8) is 0 Å². The van der Waals surface area contributed by atoms with Crippen LogP contribution in [0.15, 0.2) is 59.1 Å². The lowest BCUT2D eigenvalue weighted by atomic mass is 10.2. The van der Waals surface area contributed by atoms with Crippen molar-refractivity contribution in [2.24, 2.45) is 0 Å². The number of aryl methyl sites for hydroxylation is 1. The summed E-state index contributed by atoms with van der Waals surface area (Å²) >= 11 is 1.54. The Morgan fingerprint density at radius 3 is 2.67 bits per heavy atom. The number of aromatic nitrogens is 2. The van der Waals surface area contributed by atoms with E-state index < -0.39 is 32.7 Å². The Morgan fingerprint density at radius 2 is 1.93 bits per heavy atom. The van der Waals surface area contributed by atoms with Gasteiger partial charge in [-0.05, 0) is 37.6 Å². The highest BCUT2D eigenvalue weighted by atomic mass is 32.2. The maximum Gasteiger partial charge on any atom is 0.244 e. The second-order valence-electron chi connectivity index (χ2n) is 6.53. The van der Waals surface area contributed by atoms with Gasteiger partial charge in [-0.15, -0.1) is 11.3 Å². The van der Waals surface area contributed by atoms with E-state index in [-0.39, 0.29) is 0 Å². The Labute approximate surface area is 178 Å². The van der Waals surface area contributed by atoms with Crippen LogP contribution < -0.4 is 10.0 Å². The number of nitrogens with one attached hydrogen (secondary N) is 2. The number of benzene rings is 1. The first-order chi connectivity index (χ1) is 14.4. The van der Waals surface area contributed by atoms with Gasteiger partial charge >= 0.3 is 0 Å². The first-order valence-corrected chi connectivity index (χ1v) is 11.6. The summed E-state index contributed by atoms with van der Waals surface area (Å²) in [5.41, 5.74) is 1.88. The molecule has 3 aromatic rings. The molecule has 0 aliphatic carbocycles. The van der Waals surface area contributed by atoms with Crippen LogP contribution in [0.5, 0.6) is 0 Å². The zero-order valence-corrected chi connectivity index (χ0v) is 17.8. The summed E-state index contributed by atoms with van der Waals surface area (Å²) < 4.78 is 40.4. The molecule has 0 saturated heterocycles. The van der Waals surface area contributed by atoms with E-state index in [0.29, 0.717) is 19.4 Å². The number of amides is 1. The Morgan fingerprint density at radius 1 is 1.20 bits per heavy atom. The maximum atomic E-state index is 13.7. The molecule has 0 aliphatic heterocycles. The lowest BCUT2D eigenvalue weighted by Crippen LogP contribution is -2.45. The standard InChI is InChI=1S/C20H21FN4O3S2/c1-14(25-30(27,28)18-6-3-2-5-16(18)21)20(26)23-10-4-7-19-24-17(13-29-19)15-8-11-22-12-9-15/h2-3,5-6,8-9,11-14,25H,4,7,10H2,1H3,(H,23,26)/t14-/m0/s1. The molecule has 1 aromatic carbocycles. The molecule has 0 spiro atoms. The molecule has 158 valence electrons. The smallest absolute Gasteiger partial charge is 0.244 e. The maximum absolute atomic E-state index is 13.7. The van der Waals surface area contributed by atoms with Gasteiger partial charge in [0.25, 0.3) is 0 Å². The van der Waals surface area contributed by atoms with Crippen molar-refractivity contribution in [3.8, 4) is 11.3 Å². The Kier molecular flexibility index (Phi) is 7.24. The zero-order valence-electron chi connectivity index (χ0n) is 16.2. The van der Waals surface area contributed by atoms with Crippen LogP contribution in [0.25, 0.3) is 11.3 Å². The van der Waals surface area contributed by atoms with Gasteiger partial charge in [-0.3, -0.25) is 9.78 Å². The zero-order chi connectivity index (χ0) is 21.6. The number of nitrogens with zero attached hydrogens (tertiary/aromatic N) is 2. The van der Waals surface area contributed by atoms with E-state index >= 15 is 0 Å². The number of hydrogen-bond donors (Lipinski definition) is 2. The van der Waals surface area contributed by atoms with Crippen LogP contribution in [0, 0.1) is 5.82 Å². The number of halogens is 1. The van der Waals surface area contributed by atoms with Gasteiger partial charge in [-0.2, -0.15) is 4.72 Å². The van der Waals surface area contributed by atoms with E-state index in [0.717, 1.165) is 28.4 Å². The molecule has 1 atom stereocenters. The van der Waals surface area contributed by atoms with Crippen molar-refractivity contribution >= 4 is 27.3 Å². The van der Waals surface area contributed by atoms with Crippen LogP contribution in [0.4, 0.5) is 4.39 Å². The van der Waals surface area contributed by atoms with Crippen LogP contribution >= 0.6 is 11.3 Å². The average Bonchev–Trinajstić information content (AvgIpc) is 3.20. The van der Waals surface area contributed by atoms with Gasteiger partial charge in [-0.25, -0.2) is 17.8 Å². The van der Waals surface area contributed by atoms with E-state index in [4.69, 9.17) is 0 Å². The molecule has 0 bridgehead atoms. The summed E-state index contributed by atoms with van der Waals surface area (Å²) in [5.74, 6) is -1.35. The molecular formula is C20H21FN4O3S2. The van der Waals surface area contributed by atoms with Crippen molar-refractivity contribution in [2.75, 3.05) is 6.54 Å². The predicted molar refractivity (Wildman–Crippen MR) is 113 cm³/mol. The Bertz CT molecular complexity index is 1100. The number of carbonyl (C=O) groups is 1. The average molecular weight is 449 g/mol. The molecule has 0 radical (unpaired) electrons. The molecule has 0 fully saturated rings. The number of thiazole rings is 1. The van der Waals surface area contributed by atoms with Crippen molar-refractivity contribution in [1.29, 1.82) is 0 Å². The number of hydrogen-bond acceptors (Lipinski definition) is 6. The fourth-order valence-corrected chi connectivity index (χ4v) is 4.83. The van der Waals surface area contributed by atoms with E-state index in [1.54, 1.807) is 23.7 Å². The topological polar surface area (TPSA) is 101 Å².